The highest BCUT2D eigenvalue weighted by atomic mass is 35.5. The van der Waals surface area contributed by atoms with E-state index in [1.807, 2.05) is 4.90 Å². The van der Waals surface area contributed by atoms with Gasteiger partial charge in [-0.1, -0.05) is 11.6 Å². The van der Waals surface area contributed by atoms with E-state index in [4.69, 9.17) is 17.3 Å². The van der Waals surface area contributed by atoms with Crippen LogP contribution in [0.2, 0.25) is 5.02 Å². The average molecular weight is 330 g/mol. The molecule has 20 heavy (non-hydrogen) atoms. The summed E-state index contributed by atoms with van der Waals surface area (Å²) in [6, 6.07) is 0.927. The van der Waals surface area contributed by atoms with Crippen molar-refractivity contribution in [2.45, 2.75) is 19.0 Å². The maximum absolute atomic E-state index is 12.5. The third kappa shape index (κ3) is 3.90. The molecule has 1 saturated heterocycles. The molecule has 0 saturated carbocycles. The van der Waals surface area contributed by atoms with Gasteiger partial charge in [-0.3, -0.25) is 0 Å². The second-order valence-electron chi connectivity index (χ2n) is 4.72. The Morgan fingerprint density at radius 3 is 2.70 bits per heavy atom. The number of aromatic nitrogens is 1. The van der Waals surface area contributed by atoms with Crippen LogP contribution in [0, 0.1) is 5.92 Å². The van der Waals surface area contributed by atoms with Crippen molar-refractivity contribution in [3.8, 4) is 0 Å². The highest BCUT2D eigenvalue weighted by molar-refractivity contribution is 6.33. The van der Waals surface area contributed by atoms with Gasteiger partial charge in [-0.15, -0.1) is 12.4 Å². The van der Waals surface area contributed by atoms with E-state index in [9.17, 15) is 13.2 Å². The molecule has 1 atom stereocenters. The smallest absolute Gasteiger partial charge is 0.355 e. The zero-order chi connectivity index (χ0) is 14.0. The maximum Gasteiger partial charge on any atom is 0.417 e. The fourth-order valence-electron chi connectivity index (χ4n) is 2.27. The molecule has 0 aliphatic carbocycles. The van der Waals surface area contributed by atoms with Crippen LogP contribution in [0.5, 0.6) is 0 Å². The van der Waals surface area contributed by atoms with E-state index in [0.29, 0.717) is 24.8 Å². The summed E-state index contributed by atoms with van der Waals surface area (Å²) in [5, 5.41) is 0.0347. The normalized spacial score (nSPS) is 19.6. The van der Waals surface area contributed by atoms with Crippen molar-refractivity contribution < 1.29 is 13.2 Å². The molecule has 0 spiro atoms. The van der Waals surface area contributed by atoms with Gasteiger partial charge in [0.25, 0.3) is 0 Å². The second-order valence-corrected chi connectivity index (χ2v) is 5.12. The number of hydrogen-bond acceptors (Lipinski definition) is 3. The fourth-order valence-corrected chi connectivity index (χ4v) is 2.55. The van der Waals surface area contributed by atoms with E-state index < -0.39 is 11.7 Å². The van der Waals surface area contributed by atoms with Gasteiger partial charge < -0.3 is 10.6 Å². The fraction of sp³-hybridized carbons (Fsp3) is 0.583. The van der Waals surface area contributed by atoms with Crippen LogP contribution >= 0.6 is 24.0 Å². The first-order valence-electron chi connectivity index (χ1n) is 6.09. The largest absolute Gasteiger partial charge is 0.417 e. The van der Waals surface area contributed by atoms with E-state index in [1.54, 1.807) is 0 Å². The van der Waals surface area contributed by atoms with Crippen LogP contribution in [0.3, 0.4) is 0 Å². The van der Waals surface area contributed by atoms with Crippen LogP contribution in [-0.4, -0.2) is 24.6 Å². The molecule has 1 aromatic heterocycles. The molecule has 0 bridgehead atoms. The maximum atomic E-state index is 12.5. The van der Waals surface area contributed by atoms with Gasteiger partial charge in [0.15, 0.2) is 0 Å². The van der Waals surface area contributed by atoms with Gasteiger partial charge in [-0.25, -0.2) is 4.98 Å². The molecular formula is C12H16Cl2F3N3. The predicted molar refractivity (Wildman–Crippen MR) is 75.5 cm³/mol. The van der Waals surface area contributed by atoms with E-state index in [1.165, 1.54) is 0 Å². The third-order valence-electron chi connectivity index (χ3n) is 3.30. The minimum atomic E-state index is -4.42. The van der Waals surface area contributed by atoms with Gasteiger partial charge in [-0.05, 0) is 31.4 Å². The zero-order valence-corrected chi connectivity index (χ0v) is 12.2. The lowest BCUT2D eigenvalue weighted by molar-refractivity contribution is -0.137. The number of halogens is 5. The summed E-state index contributed by atoms with van der Waals surface area (Å²) in [5.74, 6) is 0.752. The van der Waals surface area contributed by atoms with Crippen molar-refractivity contribution >= 4 is 29.8 Å². The summed E-state index contributed by atoms with van der Waals surface area (Å²) in [6.07, 6.45) is -1.61. The summed E-state index contributed by atoms with van der Waals surface area (Å²) < 4.78 is 37.6. The van der Waals surface area contributed by atoms with Crippen molar-refractivity contribution in [2.75, 3.05) is 24.5 Å². The highest BCUT2D eigenvalue weighted by Crippen LogP contribution is 2.34. The standard InChI is InChI=1S/C12H15ClF3N3.ClH/c13-10-4-9(12(14,15)16)6-18-11(10)19-3-1-2-8(5-17)7-19;/h4,6,8H,1-3,5,7,17H2;1H. The quantitative estimate of drug-likeness (QED) is 0.904. The van der Waals surface area contributed by atoms with Crippen molar-refractivity contribution in [2.24, 2.45) is 11.7 Å². The van der Waals surface area contributed by atoms with Crippen LogP contribution in [-0.2, 0) is 6.18 Å². The highest BCUT2D eigenvalue weighted by Gasteiger charge is 2.32. The number of pyridine rings is 1. The molecule has 1 aromatic rings. The molecule has 2 heterocycles. The van der Waals surface area contributed by atoms with Crippen LogP contribution in [0.1, 0.15) is 18.4 Å². The Balaban J connectivity index is 0.00000200. The Labute approximate surface area is 126 Å². The lowest BCUT2D eigenvalue weighted by atomic mass is 9.98. The molecule has 1 fully saturated rings. The first-order valence-corrected chi connectivity index (χ1v) is 6.47. The van der Waals surface area contributed by atoms with Crippen molar-refractivity contribution in [3.05, 3.63) is 22.8 Å². The van der Waals surface area contributed by atoms with Gasteiger partial charge in [0.1, 0.15) is 5.82 Å². The molecule has 8 heteroatoms. The first kappa shape index (κ1) is 17.3. The number of nitrogens with zero attached hydrogens (tertiary/aromatic N) is 2. The van der Waals surface area contributed by atoms with Gasteiger partial charge in [0, 0.05) is 19.3 Å². The van der Waals surface area contributed by atoms with Crippen LogP contribution in [0.15, 0.2) is 12.3 Å². The van der Waals surface area contributed by atoms with Crippen LogP contribution < -0.4 is 10.6 Å². The van der Waals surface area contributed by atoms with E-state index in [-0.39, 0.29) is 17.4 Å². The molecule has 1 unspecified atom stereocenters. The second kappa shape index (κ2) is 6.83. The van der Waals surface area contributed by atoms with E-state index in [2.05, 4.69) is 4.98 Å². The predicted octanol–water partition coefficient (Wildman–Crippen LogP) is 3.35. The number of piperidine rings is 1. The summed E-state index contributed by atoms with van der Waals surface area (Å²) in [6.45, 7) is 2.00. The van der Waals surface area contributed by atoms with E-state index >= 15 is 0 Å². The molecule has 2 rings (SSSR count). The van der Waals surface area contributed by atoms with Gasteiger partial charge in [0.05, 0.1) is 10.6 Å². The zero-order valence-electron chi connectivity index (χ0n) is 10.7. The van der Waals surface area contributed by atoms with Gasteiger partial charge >= 0.3 is 6.18 Å². The Morgan fingerprint density at radius 1 is 1.45 bits per heavy atom. The average Bonchev–Trinajstić information content (AvgIpc) is 2.37. The van der Waals surface area contributed by atoms with Crippen LogP contribution in [0.25, 0.3) is 0 Å². The molecule has 1 aliphatic rings. The third-order valence-corrected chi connectivity index (χ3v) is 3.58. The molecule has 1 aliphatic heterocycles. The SMILES string of the molecule is Cl.NCC1CCCN(c2ncc(C(F)(F)F)cc2Cl)C1. The molecule has 114 valence electrons. The molecule has 0 amide bonds. The number of hydrogen-bond donors (Lipinski definition) is 1. The minimum Gasteiger partial charge on any atom is -0.355 e. The minimum absolute atomic E-state index is 0. The Kier molecular flexibility index (Phi) is 5.91. The van der Waals surface area contributed by atoms with Crippen molar-refractivity contribution in [1.29, 1.82) is 0 Å². The lowest BCUT2D eigenvalue weighted by Crippen LogP contribution is -2.39. The lowest BCUT2D eigenvalue weighted by Gasteiger charge is -2.33. The topological polar surface area (TPSA) is 42.1 Å². The molecule has 0 aromatic carbocycles. The number of anilines is 1. The number of nitrogens with two attached hydrogens (primary N) is 1. The first-order chi connectivity index (χ1) is 8.91. The Morgan fingerprint density at radius 2 is 2.15 bits per heavy atom. The Hall–Kier alpha value is -0.720. The summed E-state index contributed by atoms with van der Waals surface area (Å²) in [5.41, 5.74) is 4.81. The van der Waals surface area contributed by atoms with Gasteiger partial charge in [0.2, 0.25) is 0 Å². The summed E-state index contributed by atoms with van der Waals surface area (Å²) in [4.78, 5) is 5.78. The number of alkyl halides is 3. The molecule has 0 radical (unpaired) electrons. The molecular weight excluding hydrogens is 314 g/mol. The molecule has 3 nitrogen and oxygen atoms in total. The van der Waals surface area contributed by atoms with Crippen LogP contribution in [0.4, 0.5) is 19.0 Å². The molecule has 2 N–H and O–H groups in total. The monoisotopic (exact) mass is 329 g/mol. The summed E-state index contributed by atoms with van der Waals surface area (Å²) >= 11 is 5.92. The van der Waals surface area contributed by atoms with Crippen molar-refractivity contribution in [1.82, 2.24) is 4.98 Å². The summed E-state index contributed by atoms with van der Waals surface area (Å²) in [7, 11) is 0. The number of rotatable bonds is 2. The Bertz CT molecular complexity index is 454. The van der Waals surface area contributed by atoms with Gasteiger partial charge in [-0.2, -0.15) is 13.2 Å². The van der Waals surface area contributed by atoms with Crippen molar-refractivity contribution in [3.63, 3.8) is 0 Å². The van der Waals surface area contributed by atoms with E-state index in [0.717, 1.165) is 31.6 Å².